The van der Waals surface area contributed by atoms with Gasteiger partial charge in [-0.25, -0.2) is 4.79 Å². The first kappa shape index (κ1) is 14.9. The zero-order valence-electron chi connectivity index (χ0n) is 13.5. The largest absolute Gasteiger partial charge is 0.497 e. The predicted molar refractivity (Wildman–Crippen MR) is 91.1 cm³/mol. The molecule has 0 fully saturated rings. The number of benzene rings is 1. The predicted octanol–water partition coefficient (Wildman–Crippen LogP) is 2.75. The quantitative estimate of drug-likeness (QED) is 0.694. The second kappa shape index (κ2) is 6.09. The maximum atomic E-state index is 12.4. The van der Waals surface area contributed by atoms with Gasteiger partial charge in [0.1, 0.15) is 11.3 Å². The molecule has 0 amide bonds. The first-order valence-electron chi connectivity index (χ1n) is 7.99. The van der Waals surface area contributed by atoms with Crippen LogP contribution in [0.25, 0.3) is 11.0 Å². The van der Waals surface area contributed by atoms with Gasteiger partial charge in [0.15, 0.2) is 0 Å². The van der Waals surface area contributed by atoms with Crippen LogP contribution < -0.4 is 10.4 Å². The highest BCUT2D eigenvalue weighted by Gasteiger charge is 2.23. The van der Waals surface area contributed by atoms with Gasteiger partial charge in [-0.05, 0) is 36.2 Å². The van der Waals surface area contributed by atoms with Gasteiger partial charge in [0, 0.05) is 37.3 Å². The van der Waals surface area contributed by atoms with Gasteiger partial charge >= 0.3 is 5.63 Å². The van der Waals surface area contributed by atoms with E-state index in [2.05, 4.69) is 9.88 Å². The van der Waals surface area contributed by atoms with E-state index < -0.39 is 0 Å². The molecule has 1 aliphatic rings. The first-order chi connectivity index (χ1) is 11.7. The molecule has 0 spiro atoms. The fraction of sp³-hybridized carbons (Fsp3) is 0.263. The highest BCUT2D eigenvalue weighted by molar-refractivity contribution is 5.82. The average Bonchev–Trinajstić information content (AvgIpc) is 2.62. The van der Waals surface area contributed by atoms with Crippen LogP contribution in [-0.2, 0) is 19.5 Å². The Hall–Kier alpha value is -2.66. The summed E-state index contributed by atoms with van der Waals surface area (Å²) in [6, 6.07) is 11.6. The molecular weight excluding hydrogens is 304 g/mol. The second-order valence-corrected chi connectivity index (χ2v) is 5.99. The van der Waals surface area contributed by atoms with Crippen molar-refractivity contribution in [1.82, 2.24) is 9.88 Å². The molecule has 0 saturated heterocycles. The van der Waals surface area contributed by atoms with Crippen molar-refractivity contribution >= 4 is 11.0 Å². The third-order valence-corrected chi connectivity index (χ3v) is 4.50. The number of rotatable bonds is 3. The summed E-state index contributed by atoms with van der Waals surface area (Å²) in [5.74, 6) is 0.693. The van der Waals surface area contributed by atoms with E-state index in [0.717, 1.165) is 41.7 Å². The minimum absolute atomic E-state index is 0.253. The van der Waals surface area contributed by atoms with Gasteiger partial charge in [0.2, 0.25) is 0 Å². The summed E-state index contributed by atoms with van der Waals surface area (Å²) >= 11 is 0. The van der Waals surface area contributed by atoms with Crippen molar-refractivity contribution in [3.05, 3.63) is 69.8 Å². The number of nitrogens with zero attached hydrogens (tertiary/aromatic N) is 2. The van der Waals surface area contributed by atoms with Gasteiger partial charge in [0.05, 0.1) is 18.4 Å². The Morgan fingerprint density at radius 3 is 2.96 bits per heavy atom. The van der Waals surface area contributed by atoms with Crippen LogP contribution in [-0.4, -0.2) is 23.5 Å². The number of methoxy groups -OCH3 is 1. The van der Waals surface area contributed by atoms with E-state index in [0.29, 0.717) is 17.9 Å². The number of hydrogen-bond donors (Lipinski definition) is 0. The fourth-order valence-electron chi connectivity index (χ4n) is 3.28. The van der Waals surface area contributed by atoms with E-state index in [1.807, 2.05) is 30.3 Å². The molecule has 3 aromatic rings. The van der Waals surface area contributed by atoms with Gasteiger partial charge in [0.25, 0.3) is 0 Å². The van der Waals surface area contributed by atoms with Crippen LogP contribution in [0, 0.1) is 0 Å². The number of hydrogen-bond acceptors (Lipinski definition) is 5. The monoisotopic (exact) mass is 322 g/mol. The van der Waals surface area contributed by atoms with Crippen LogP contribution in [0.2, 0.25) is 0 Å². The van der Waals surface area contributed by atoms with Gasteiger partial charge in [-0.1, -0.05) is 6.07 Å². The van der Waals surface area contributed by atoms with Crippen molar-refractivity contribution in [1.29, 1.82) is 0 Å². The van der Waals surface area contributed by atoms with E-state index in [1.165, 1.54) is 0 Å². The van der Waals surface area contributed by atoms with E-state index >= 15 is 0 Å². The number of fused-ring (bicyclic) bond motifs is 3. The lowest BCUT2D eigenvalue weighted by atomic mass is 9.97. The third-order valence-electron chi connectivity index (χ3n) is 4.50. The fourth-order valence-corrected chi connectivity index (χ4v) is 3.28. The minimum atomic E-state index is -0.253. The molecule has 122 valence electrons. The molecule has 1 aliphatic heterocycles. The van der Waals surface area contributed by atoms with Crippen LogP contribution in [0.3, 0.4) is 0 Å². The summed E-state index contributed by atoms with van der Waals surface area (Å²) in [4.78, 5) is 19.0. The van der Waals surface area contributed by atoms with Gasteiger partial charge in [-0.2, -0.15) is 0 Å². The summed E-state index contributed by atoms with van der Waals surface area (Å²) in [6.45, 7) is 2.23. The molecule has 2 aromatic heterocycles. The van der Waals surface area contributed by atoms with Crippen molar-refractivity contribution in [3.63, 3.8) is 0 Å². The highest BCUT2D eigenvalue weighted by Crippen LogP contribution is 2.28. The van der Waals surface area contributed by atoms with Crippen LogP contribution >= 0.6 is 0 Å². The first-order valence-corrected chi connectivity index (χ1v) is 7.99. The molecule has 5 nitrogen and oxygen atoms in total. The molecule has 0 unspecified atom stereocenters. The summed E-state index contributed by atoms with van der Waals surface area (Å²) in [6.07, 6.45) is 2.62. The normalized spacial score (nSPS) is 14.5. The summed E-state index contributed by atoms with van der Waals surface area (Å²) in [7, 11) is 1.60. The molecule has 0 saturated carbocycles. The third kappa shape index (κ3) is 2.67. The van der Waals surface area contributed by atoms with Crippen molar-refractivity contribution in [2.75, 3.05) is 13.7 Å². The SMILES string of the molecule is COc1ccc2c3c(c(=O)oc2c1)CN(Cc1ccccn1)CC3. The molecule has 0 N–H and O–H groups in total. The standard InChI is InChI=1S/C19H18N2O3/c1-23-14-5-6-16-15-7-9-21(11-13-4-2-3-8-20-13)12-17(15)19(22)24-18(16)10-14/h2-6,8,10H,7,9,11-12H2,1H3. The Kier molecular flexibility index (Phi) is 3.78. The lowest BCUT2D eigenvalue weighted by molar-refractivity contribution is 0.238. The lowest BCUT2D eigenvalue weighted by Gasteiger charge is -2.28. The van der Waals surface area contributed by atoms with E-state index in [9.17, 15) is 4.79 Å². The van der Waals surface area contributed by atoms with Crippen molar-refractivity contribution in [2.24, 2.45) is 0 Å². The van der Waals surface area contributed by atoms with Crippen molar-refractivity contribution in [2.45, 2.75) is 19.5 Å². The molecule has 5 heteroatoms. The molecule has 0 aliphatic carbocycles. The van der Waals surface area contributed by atoms with Gasteiger partial charge < -0.3 is 9.15 Å². The minimum Gasteiger partial charge on any atom is -0.497 e. The summed E-state index contributed by atoms with van der Waals surface area (Å²) in [5, 5.41) is 1.00. The maximum Gasteiger partial charge on any atom is 0.341 e. The zero-order valence-corrected chi connectivity index (χ0v) is 13.5. The van der Waals surface area contributed by atoms with Crippen LogP contribution in [0.5, 0.6) is 5.75 Å². The van der Waals surface area contributed by atoms with Gasteiger partial charge in [-0.3, -0.25) is 9.88 Å². The van der Waals surface area contributed by atoms with E-state index in [4.69, 9.17) is 9.15 Å². The smallest absolute Gasteiger partial charge is 0.341 e. The number of ether oxygens (including phenoxy) is 1. The highest BCUT2D eigenvalue weighted by atomic mass is 16.5. The lowest BCUT2D eigenvalue weighted by Crippen LogP contribution is -2.33. The Morgan fingerprint density at radius 1 is 1.25 bits per heavy atom. The molecule has 0 bridgehead atoms. The van der Waals surface area contributed by atoms with Gasteiger partial charge in [-0.15, -0.1) is 0 Å². The molecule has 0 atom stereocenters. The van der Waals surface area contributed by atoms with Crippen LogP contribution in [0.15, 0.2) is 51.8 Å². The number of aromatic nitrogens is 1. The Balaban J connectivity index is 1.69. The Labute approximate surface area is 139 Å². The summed E-state index contributed by atoms with van der Waals surface area (Å²) in [5.41, 5.74) is 3.21. The van der Waals surface area contributed by atoms with E-state index in [-0.39, 0.29) is 5.63 Å². The van der Waals surface area contributed by atoms with Crippen molar-refractivity contribution in [3.8, 4) is 5.75 Å². The maximum absolute atomic E-state index is 12.4. The van der Waals surface area contributed by atoms with Crippen LogP contribution in [0.1, 0.15) is 16.8 Å². The average molecular weight is 322 g/mol. The Bertz CT molecular complexity index is 934. The van der Waals surface area contributed by atoms with E-state index in [1.54, 1.807) is 19.4 Å². The molecule has 4 rings (SSSR count). The summed E-state index contributed by atoms with van der Waals surface area (Å²) < 4.78 is 10.7. The number of pyridine rings is 1. The van der Waals surface area contributed by atoms with Crippen LogP contribution in [0.4, 0.5) is 0 Å². The van der Waals surface area contributed by atoms with Crippen molar-refractivity contribution < 1.29 is 9.15 Å². The molecule has 24 heavy (non-hydrogen) atoms. The topological polar surface area (TPSA) is 55.6 Å². The zero-order chi connectivity index (χ0) is 16.5. The molecule has 0 radical (unpaired) electrons. The molecule has 3 heterocycles. The molecule has 1 aromatic carbocycles. The molecular formula is C19H18N2O3. The second-order valence-electron chi connectivity index (χ2n) is 5.99. The Morgan fingerprint density at radius 2 is 2.17 bits per heavy atom.